The predicted octanol–water partition coefficient (Wildman–Crippen LogP) is 1.90. The molecule has 2 aliphatic rings. The molecule has 0 unspecified atom stereocenters. The molecule has 1 aromatic rings. The molecule has 3 heterocycles. The summed E-state index contributed by atoms with van der Waals surface area (Å²) in [5.74, 6) is 1.65. The van der Waals surface area contributed by atoms with Gasteiger partial charge in [0.15, 0.2) is 0 Å². The molecule has 1 amide bonds. The van der Waals surface area contributed by atoms with Crippen LogP contribution in [0.3, 0.4) is 0 Å². The van der Waals surface area contributed by atoms with E-state index in [0.717, 1.165) is 57.8 Å². The summed E-state index contributed by atoms with van der Waals surface area (Å²) in [6, 6.07) is 0. The summed E-state index contributed by atoms with van der Waals surface area (Å²) in [5.41, 5.74) is 1.22. The third-order valence-corrected chi connectivity index (χ3v) is 5.03. The minimum absolute atomic E-state index is 0.358. The highest BCUT2D eigenvalue weighted by Crippen LogP contribution is 2.27. The van der Waals surface area contributed by atoms with Gasteiger partial charge < -0.3 is 15.2 Å². The molecule has 0 bridgehead atoms. The Morgan fingerprint density at radius 2 is 2.00 bits per heavy atom. The van der Waals surface area contributed by atoms with Crippen LogP contribution in [0.2, 0.25) is 0 Å². The van der Waals surface area contributed by atoms with Crippen LogP contribution in [0.1, 0.15) is 50.1 Å². The molecule has 0 aromatic carbocycles. The van der Waals surface area contributed by atoms with E-state index < -0.39 is 0 Å². The second-order valence-corrected chi connectivity index (χ2v) is 6.39. The number of amides is 1. The number of nitrogens with zero attached hydrogens (tertiary/aromatic N) is 2. The van der Waals surface area contributed by atoms with Crippen LogP contribution in [0.15, 0.2) is 12.5 Å². The normalized spacial score (nSPS) is 21.6. The monoisotopic (exact) mass is 290 g/mol. The summed E-state index contributed by atoms with van der Waals surface area (Å²) >= 11 is 0. The summed E-state index contributed by atoms with van der Waals surface area (Å²) in [4.78, 5) is 21.7. The first-order valence-corrected chi connectivity index (χ1v) is 8.29. The number of hydrogen-bond donors (Lipinski definition) is 2. The Labute approximate surface area is 126 Å². The quantitative estimate of drug-likeness (QED) is 0.890. The van der Waals surface area contributed by atoms with Crippen LogP contribution in [0.4, 0.5) is 0 Å². The van der Waals surface area contributed by atoms with Crippen LogP contribution in [-0.2, 0) is 4.79 Å². The maximum Gasteiger partial charge on any atom is 0.222 e. The Morgan fingerprint density at radius 3 is 2.67 bits per heavy atom. The number of rotatable bonds is 4. The summed E-state index contributed by atoms with van der Waals surface area (Å²) in [6.07, 6.45) is 10.0. The van der Waals surface area contributed by atoms with E-state index >= 15 is 0 Å². The highest BCUT2D eigenvalue weighted by Gasteiger charge is 2.25. The molecule has 5 heteroatoms. The first-order valence-electron chi connectivity index (χ1n) is 8.29. The van der Waals surface area contributed by atoms with Gasteiger partial charge in [0.1, 0.15) is 0 Å². The van der Waals surface area contributed by atoms with Gasteiger partial charge in [-0.2, -0.15) is 0 Å². The lowest BCUT2D eigenvalue weighted by Crippen LogP contribution is -2.38. The molecule has 2 N–H and O–H groups in total. The first-order chi connectivity index (χ1) is 10.3. The number of aromatic amines is 1. The molecular formula is C16H26N4O. The predicted molar refractivity (Wildman–Crippen MR) is 82.0 cm³/mol. The van der Waals surface area contributed by atoms with Gasteiger partial charge in [-0.05, 0) is 51.1 Å². The number of aromatic nitrogens is 2. The number of likely N-dealkylation sites (tertiary alicyclic amines) is 1. The molecule has 116 valence electrons. The number of carbonyl (C=O) groups excluding carboxylic acids is 1. The van der Waals surface area contributed by atoms with Crippen molar-refractivity contribution in [3.05, 3.63) is 18.2 Å². The SMILES string of the molecule is O=C(CCC1CCNCC1)N1CCC(c2cnc[nH]2)CC1. The van der Waals surface area contributed by atoms with Crippen molar-refractivity contribution in [2.75, 3.05) is 26.2 Å². The zero-order chi connectivity index (χ0) is 14.5. The van der Waals surface area contributed by atoms with E-state index in [9.17, 15) is 4.79 Å². The molecule has 2 fully saturated rings. The molecule has 0 spiro atoms. The van der Waals surface area contributed by atoms with Crippen LogP contribution in [0.25, 0.3) is 0 Å². The maximum atomic E-state index is 12.3. The highest BCUT2D eigenvalue weighted by molar-refractivity contribution is 5.76. The van der Waals surface area contributed by atoms with Gasteiger partial charge >= 0.3 is 0 Å². The first kappa shape index (κ1) is 14.6. The van der Waals surface area contributed by atoms with Crippen molar-refractivity contribution in [1.82, 2.24) is 20.2 Å². The summed E-state index contributed by atoms with van der Waals surface area (Å²) < 4.78 is 0. The average molecular weight is 290 g/mol. The van der Waals surface area contributed by atoms with Crippen LogP contribution in [0, 0.1) is 5.92 Å². The number of imidazole rings is 1. The van der Waals surface area contributed by atoms with E-state index in [1.807, 2.05) is 6.20 Å². The molecule has 0 atom stereocenters. The third kappa shape index (κ3) is 3.84. The lowest BCUT2D eigenvalue weighted by molar-refractivity contribution is -0.132. The van der Waals surface area contributed by atoms with Gasteiger partial charge in [-0.25, -0.2) is 4.98 Å². The van der Waals surface area contributed by atoms with Crippen molar-refractivity contribution >= 4 is 5.91 Å². The summed E-state index contributed by atoms with van der Waals surface area (Å²) in [5, 5.41) is 3.38. The van der Waals surface area contributed by atoms with E-state index in [1.165, 1.54) is 18.5 Å². The van der Waals surface area contributed by atoms with E-state index in [2.05, 4.69) is 20.2 Å². The van der Waals surface area contributed by atoms with Crippen LogP contribution in [0.5, 0.6) is 0 Å². The van der Waals surface area contributed by atoms with Crippen molar-refractivity contribution in [1.29, 1.82) is 0 Å². The number of carbonyl (C=O) groups is 1. The molecule has 1 aromatic heterocycles. The summed E-state index contributed by atoms with van der Waals surface area (Å²) in [7, 11) is 0. The molecule has 2 aliphatic heterocycles. The van der Waals surface area contributed by atoms with E-state index in [-0.39, 0.29) is 0 Å². The molecule has 0 radical (unpaired) electrons. The molecular weight excluding hydrogens is 264 g/mol. The average Bonchev–Trinajstić information content (AvgIpc) is 3.08. The Hall–Kier alpha value is -1.36. The van der Waals surface area contributed by atoms with Gasteiger partial charge in [0, 0.05) is 37.3 Å². The number of H-pyrrole nitrogens is 1. The van der Waals surface area contributed by atoms with Crippen molar-refractivity contribution in [2.45, 2.75) is 44.4 Å². The Morgan fingerprint density at radius 1 is 1.24 bits per heavy atom. The van der Waals surface area contributed by atoms with Crippen LogP contribution >= 0.6 is 0 Å². The lowest BCUT2D eigenvalue weighted by Gasteiger charge is -2.32. The molecule has 0 aliphatic carbocycles. The maximum absolute atomic E-state index is 12.3. The van der Waals surface area contributed by atoms with Gasteiger partial charge in [0.05, 0.1) is 6.33 Å². The molecule has 0 saturated carbocycles. The standard InChI is InChI=1S/C16H26N4O/c21-16(2-1-13-3-7-17-8-4-13)20-9-5-14(6-10-20)15-11-18-12-19-15/h11-14,17H,1-10H2,(H,18,19). The minimum atomic E-state index is 0.358. The Bertz CT molecular complexity index is 431. The van der Waals surface area contributed by atoms with Gasteiger partial charge in [0.2, 0.25) is 5.91 Å². The third-order valence-electron chi connectivity index (χ3n) is 5.03. The van der Waals surface area contributed by atoms with Crippen LogP contribution in [-0.4, -0.2) is 47.0 Å². The van der Waals surface area contributed by atoms with Crippen molar-refractivity contribution in [3.63, 3.8) is 0 Å². The highest BCUT2D eigenvalue weighted by atomic mass is 16.2. The molecule has 21 heavy (non-hydrogen) atoms. The number of hydrogen-bond acceptors (Lipinski definition) is 3. The van der Waals surface area contributed by atoms with Crippen molar-refractivity contribution < 1.29 is 4.79 Å². The van der Waals surface area contributed by atoms with Gasteiger partial charge in [-0.1, -0.05) is 0 Å². The molecule has 5 nitrogen and oxygen atoms in total. The van der Waals surface area contributed by atoms with Gasteiger partial charge in [-0.15, -0.1) is 0 Å². The zero-order valence-corrected chi connectivity index (χ0v) is 12.7. The van der Waals surface area contributed by atoms with Crippen LogP contribution < -0.4 is 5.32 Å². The fraction of sp³-hybridized carbons (Fsp3) is 0.750. The smallest absolute Gasteiger partial charge is 0.222 e. The van der Waals surface area contributed by atoms with Gasteiger partial charge in [-0.3, -0.25) is 4.79 Å². The fourth-order valence-electron chi connectivity index (χ4n) is 3.59. The lowest BCUT2D eigenvalue weighted by atomic mass is 9.91. The van der Waals surface area contributed by atoms with Crippen molar-refractivity contribution in [3.8, 4) is 0 Å². The van der Waals surface area contributed by atoms with Crippen molar-refractivity contribution in [2.24, 2.45) is 5.92 Å². The zero-order valence-electron chi connectivity index (χ0n) is 12.7. The van der Waals surface area contributed by atoms with E-state index in [1.54, 1.807) is 6.33 Å². The Kier molecular flexibility index (Phi) is 4.91. The second kappa shape index (κ2) is 7.07. The minimum Gasteiger partial charge on any atom is -0.348 e. The van der Waals surface area contributed by atoms with E-state index in [4.69, 9.17) is 0 Å². The summed E-state index contributed by atoms with van der Waals surface area (Å²) in [6.45, 7) is 4.03. The number of nitrogens with one attached hydrogen (secondary N) is 2. The molecule has 2 saturated heterocycles. The fourth-order valence-corrected chi connectivity index (χ4v) is 3.59. The van der Waals surface area contributed by atoms with Gasteiger partial charge in [0.25, 0.3) is 0 Å². The molecule has 3 rings (SSSR count). The second-order valence-electron chi connectivity index (χ2n) is 6.39. The Balaban J connectivity index is 1.40. The topological polar surface area (TPSA) is 61.0 Å². The largest absolute Gasteiger partial charge is 0.348 e. The number of piperidine rings is 2. The van der Waals surface area contributed by atoms with E-state index in [0.29, 0.717) is 11.8 Å².